The summed E-state index contributed by atoms with van der Waals surface area (Å²) in [4.78, 5) is 10.5. The summed E-state index contributed by atoms with van der Waals surface area (Å²) in [6.07, 6.45) is 5.59. The van der Waals surface area contributed by atoms with Crippen LogP contribution in [0, 0.1) is 0 Å². The summed E-state index contributed by atoms with van der Waals surface area (Å²) in [6, 6.07) is 0. The van der Waals surface area contributed by atoms with Gasteiger partial charge in [0.05, 0.1) is 0 Å². The van der Waals surface area contributed by atoms with E-state index in [1.807, 2.05) is 6.08 Å². The molecule has 1 aliphatic heterocycles. The van der Waals surface area contributed by atoms with E-state index in [0.29, 0.717) is 0 Å². The number of carbonyl (C=O) groups is 1. The molecule has 0 saturated carbocycles. The largest absolute Gasteiger partial charge is 0.353 e. The Morgan fingerprint density at radius 2 is 2.50 bits per heavy atom. The van der Waals surface area contributed by atoms with E-state index in [1.165, 1.54) is 0 Å². The molecule has 1 N–H and O–H groups in total. The van der Waals surface area contributed by atoms with Gasteiger partial charge in [-0.1, -0.05) is 6.08 Å². The van der Waals surface area contributed by atoms with Gasteiger partial charge in [-0.15, -0.1) is 0 Å². The first-order chi connectivity index (χ1) is 3.89. The lowest BCUT2D eigenvalue weighted by atomic mass is 10.3. The first-order valence-electron chi connectivity index (χ1n) is 2.84. The fourth-order valence-corrected chi connectivity index (χ4v) is 0.681. The van der Waals surface area contributed by atoms with Gasteiger partial charge in [0.2, 0.25) is 5.91 Å². The summed E-state index contributed by atoms with van der Waals surface area (Å²) in [5, 5.41) is 2.72. The van der Waals surface area contributed by atoms with Gasteiger partial charge in [-0.25, -0.2) is 0 Å². The van der Waals surface area contributed by atoms with Crippen molar-refractivity contribution in [1.82, 2.24) is 5.32 Å². The second-order valence-corrected chi connectivity index (χ2v) is 1.84. The Bertz CT molecular complexity index is 118. The van der Waals surface area contributed by atoms with E-state index >= 15 is 0 Å². The second kappa shape index (κ2) is 2.50. The van der Waals surface area contributed by atoms with Crippen molar-refractivity contribution in [2.75, 3.05) is 6.54 Å². The molecule has 0 aromatic carbocycles. The van der Waals surface area contributed by atoms with Crippen LogP contribution in [0.3, 0.4) is 0 Å². The number of rotatable bonds is 0. The van der Waals surface area contributed by atoms with Crippen molar-refractivity contribution in [3.63, 3.8) is 0 Å². The lowest BCUT2D eigenvalue weighted by molar-refractivity contribution is -0.116. The molecule has 1 amide bonds. The Hall–Kier alpha value is -0.790. The Kier molecular flexibility index (Phi) is 1.67. The molecule has 0 aromatic rings. The smallest absolute Gasteiger partial charge is 0.243 e. The SMILES string of the molecule is O=C1C=CCCCN1. The molecule has 0 aliphatic carbocycles. The monoisotopic (exact) mass is 111 g/mol. The topological polar surface area (TPSA) is 29.1 Å². The first-order valence-corrected chi connectivity index (χ1v) is 2.84. The van der Waals surface area contributed by atoms with Crippen molar-refractivity contribution in [2.45, 2.75) is 12.8 Å². The van der Waals surface area contributed by atoms with Crippen molar-refractivity contribution < 1.29 is 4.79 Å². The van der Waals surface area contributed by atoms with Crippen molar-refractivity contribution >= 4 is 5.91 Å². The highest BCUT2D eigenvalue weighted by Crippen LogP contribution is 1.92. The van der Waals surface area contributed by atoms with Crippen LogP contribution in [-0.2, 0) is 4.79 Å². The highest BCUT2D eigenvalue weighted by molar-refractivity contribution is 5.87. The Morgan fingerprint density at radius 1 is 1.62 bits per heavy atom. The molecule has 1 heterocycles. The minimum Gasteiger partial charge on any atom is -0.353 e. The number of nitrogens with one attached hydrogen (secondary N) is 1. The number of carbonyl (C=O) groups excluding carboxylic acids is 1. The van der Waals surface area contributed by atoms with E-state index in [-0.39, 0.29) is 5.91 Å². The van der Waals surface area contributed by atoms with Gasteiger partial charge in [-0.2, -0.15) is 0 Å². The summed E-state index contributed by atoms with van der Waals surface area (Å²) in [5.74, 6) is 0.0440. The average Bonchev–Trinajstić information content (AvgIpc) is 1.94. The molecule has 0 saturated heterocycles. The fourth-order valence-electron chi connectivity index (χ4n) is 0.681. The van der Waals surface area contributed by atoms with Crippen molar-refractivity contribution in [3.8, 4) is 0 Å². The molecular formula is C6H9NO. The zero-order valence-corrected chi connectivity index (χ0v) is 4.68. The van der Waals surface area contributed by atoms with Crippen LogP contribution in [0.5, 0.6) is 0 Å². The lowest BCUT2D eigenvalue weighted by Gasteiger charge is -1.92. The Labute approximate surface area is 48.6 Å². The average molecular weight is 111 g/mol. The van der Waals surface area contributed by atoms with Gasteiger partial charge in [0, 0.05) is 6.54 Å². The van der Waals surface area contributed by atoms with Gasteiger partial charge in [0.15, 0.2) is 0 Å². The molecule has 0 bridgehead atoms. The molecule has 0 radical (unpaired) electrons. The highest BCUT2D eigenvalue weighted by Gasteiger charge is 1.96. The van der Waals surface area contributed by atoms with Crippen LogP contribution >= 0.6 is 0 Å². The highest BCUT2D eigenvalue weighted by atomic mass is 16.1. The molecule has 0 aromatic heterocycles. The maximum Gasteiger partial charge on any atom is 0.243 e. The second-order valence-electron chi connectivity index (χ2n) is 1.84. The van der Waals surface area contributed by atoms with E-state index in [0.717, 1.165) is 19.4 Å². The van der Waals surface area contributed by atoms with Crippen molar-refractivity contribution in [2.24, 2.45) is 0 Å². The van der Waals surface area contributed by atoms with Gasteiger partial charge < -0.3 is 5.32 Å². The predicted molar refractivity (Wildman–Crippen MR) is 31.4 cm³/mol. The van der Waals surface area contributed by atoms with Crippen molar-refractivity contribution in [1.29, 1.82) is 0 Å². The molecule has 0 unspecified atom stereocenters. The molecule has 8 heavy (non-hydrogen) atoms. The van der Waals surface area contributed by atoms with Crippen LogP contribution in [0.25, 0.3) is 0 Å². The van der Waals surface area contributed by atoms with E-state index in [9.17, 15) is 4.79 Å². The van der Waals surface area contributed by atoms with Crippen LogP contribution in [-0.4, -0.2) is 12.5 Å². The minimum absolute atomic E-state index is 0.0440. The molecule has 2 nitrogen and oxygen atoms in total. The van der Waals surface area contributed by atoms with E-state index in [4.69, 9.17) is 0 Å². The van der Waals surface area contributed by atoms with Gasteiger partial charge in [-0.3, -0.25) is 4.79 Å². The van der Waals surface area contributed by atoms with Crippen LogP contribution < -0.4 is 5.32 Å². The summed E-state index contributed by atoms with van der Waals surface area (Å²) >= 11 is 0. The van der Waals surface area contributed by atoms with E-state index < -0.39 is 0 Å². The van der Waals surface area contributed by atoms with Crippen LogP contribution in [0.4, 0.5) is 0 Å². The third-order valence-corrected chi connectivity index (χ3v) is 1.12. The number of hydrogen-bond acceptors (Lipinski definition) is 1. The van der Waals surface area contributed by atoms with Gasteiger partial charge in [0.25, 0.3) is 0 Å². The summed E-state index contributed by atoms with van der Waals surface area (Å²) < 4.78 is 0. The van der Waals surface area contributed by atoms with Gasteiger partial charge >= 0.3 is 0 Å². The molecular weight excluding hydrogens is 102 g/mol. The van der Waals surface area contributed by atoms with E-state index in [1.54, 1.807) is 6.08 Å². The van der Waals surface area contributed by atoms with Crippen LogP contribution in [0.2, 0.25) is 0 Å². The van der Waals surface area contributed by atoms with Gasteiger partial charge in [0.1, 0.15) is 0 Å². The molecule has 0 atom stereocenters. The molecule has 2 heteroatoms. The Balaban J connectivity index is 2.44. The third kappa shape index (κ3) is 1.37. The fraction of sp³-hybridized carbons (Fsp3) is 0.500. The zero-order valence-electron chi connectivity index (χ0n) is 4.68. The number of hydrogen-bond donors (Lipinski definition) is 1. The standard InChI is InChI=1S/C6H9NO/c8-6-4-2-1-3-5-7-6/h2,4H,1,3,5H2,(H,7,8). The molecule has 0 spiro atoms. The maximum atomic E-state index is 10.5. The molecule has 44 valence electrons. The summed E-state index contributed by atoms with van der Waals surface area (Å²) in [5.41, 5.74) is 0. The van der Waals surface area contributed by atoms with Crippen molar-refractivity contribution in [3.05, 3.63) is 12.2 Å². The number of allylic oxidation sites excluding steroid dienone is 1. The van der Waals surface area contributed by atoms with Gasteiger partial charge in [-0.05, 0) is 18.9 Å². The molecule has 1 rings (SSSR count). The first kappa shape index (κ1) is 5.35. The quantitative estimate of drug-likeness (QED) is 0.483. The lowest BCUT2D eigenvalue weighted by Crippen LogP contribution is -2.20. The predicted octanol–water partition coefficient (Wildman–Crippen LogP) is 0.453. The van der Waals surface area contributed by atoms with Crippen LogP contribution in [0.15, 0.2) is 12.2 Å². The minimum atomic E-state index is 0.0440. The van der Waals surface area contributed by atoms with E-state index in [2.05, 4.69) is 5.32 Å². The normalized spacial score (nSPS) is 19.8. The Morgan fingerprint density at radius 3 is 3.38 bits per heavy atom. The molecule has 1 aliphatic rings. The maximum absolute atomic E-state index is 10.5. The summed E-state index contributed by atoms with van der Waals surface area (Å²) in [7, 11) is 0. The zero-order chi connectivity index (χ0) is 5.82. The third-order valence-electron chi connectivity index (χ3n) is 1.12. The number of amides is 1. The summed E-state index contributed by atoms with van der Waals surface area (Å²) in [6.45, 7) is 0.825. The van der Waals surface area contributed by atoms with Crippen LogP contribution in [0.1, 0.15) is 12.8 Å². The molecule has 0 fully saturated rings.